The fraction of sp³-hybridized carbons (Fsp3) is 0.351. The highest BCUT2D eigenvalue weighted by molar-refractivity contribution is 14.2. The van der Waals surface area contributed by atoms with Crippen LogP contribution < -0.4 is 4.74 Å². The third-order valence-electron chi connectivity index (χ3n) is 8.00. The minimum absolute atomic E-state index is 0.105. The maximum atomic E-state index is 15.8. The van der Waals surface area contributed by atoms with Gasteiger partial charge in [-0.15, -0.1) is 0 Å². The third-order valence-corrected chi connectivity index (χ3v) is 11.2. The van der Waals surface area contributed by atoms with E-state index in [0.29, 0.717) is 61.8 Å². The van der Waals surface area contributed by atoms with Crippen LogP contribution in [0.4, 0.5) is 8.78 Å². The van der Waals surface area contributed by atoms with E-state index >= 15 is 4.39 Å². The lowest BCUT2D eigenvalue weighted by Gasteiger charge is -2.25. The van der Waals surface area contributed by atoms with E-state index in [-0.39, 0.29) is 22.7 Å². The van der Waals surface area contributed by atoms with Crippen LogP contribution in [0, 0.1) is 17.0 Å². The molecule has 0 radical (unpaired) electrons. The van der Waals surface area contributed by atoms with E-state index in [9.17, 15) is 14.3 Å². The monoisotopic (exact) mass is 835 g/mol. The number of aliphatic hydroxyl groups excluding tert-OH is 1. The first-order valence-electron chi connectivity index (χ1n) is 16.3. The van der Waals surface area contributed by atoms with Crippen molar-refractivity contribution < 1.29 is 32.9 Å². The summed E-state index contributed by atoms with van der Waals surface area (Å²) >= 11 is 3.82. The highest BCUT2D eigenvalue weighted by atomic mass is 127. The molecule has 5 rings (SSSR count). The van der Waals surface area contributed by atoms with E-state index in [0.717, 1.165) is 27.8 Å². The average molecular weight is 836 g/mol. The Morgan fingerprint density at radius 3 is 2.72 bits per heavy atom. The lowest BCUT2D eigenvalue weighted by Crippen LogP contribution is -2.23. The normalized spacial score (nSPS) is 12.4. The Bertz CT molecular complexity index is 1890. The molecule has 0 saturated heterocycles. The van der Waals surface area contributed by atoms with Crippen LogP contribution in [0.15, 0.2) is 73.1 Å². The second-order valence-corrected chi connectivity index (χ2v) is 15.3. The molecule has 1 atom stereocenters. The molecule has 1 unspecified atom stereocenters. The van der Waals surface area contributed by atoms with Crippen LogP contribution >= 0.6 is 42.1 Å². The van der Waals surface area contributed by atoms with Gasteiger partial charge >= 0.3 is 5.97 Å². The first kappa shape index (κ1) is 38.1. The number of carbonyl (C=O) groups is 1. The van der Waals surface area contributed by atoms with Crippen LogP contribution in [-0.2, 0) is 26.4 Å². The van der Waals surface area contributed by atoms with Gasteiger partial charge in [-0.25, -0.2) is 8.78 Å². The summed E-state index contributed by atoms with van der Waals surface area (Å²) in [5.41, 5.74) is 3.68. The summed E-state index contributed by atoms with van der Waals surface area (Å²) in [5, 5.41) is 18.4. The van der Waals surface area contributed by atoms with Gasteiger partial charge in [-0.05, 0) is 60.2 Å². The van der Waals surface area contributed by atoms with Gasteiger partial charge in [0.2, 0.25) is 0 Å². The van der Waals surface area contributed by atoms with E-state index in [1.807, 2.05) is 40.5 Å². The van der Waals surface area contributed by atoms with Crippen molar-refractivity contribution in [2.24, 2.45) is 5.41 Å². The van der Waals surface area contributed by atoms with Crippen LogP contribution in [0.1, 0.15) is 56.4 Å². The van der Waals surface area contributed by atoms with E-state index < -0.39 is 17.7 Å². The molecule has 13 heteroatoms. The van der Waals surface area contributed by atoms with Gasteiger partial charge in [0.15, 0.2) is 11.6 Å². The molecular weight excluding hydrogens is 795 g/mol. The topological polar surface area (TPSA) is 98.6 Å². The molecule has 2 heterocycles. The molecule has 0 aliphatic rings. The molecule has 0 bridgehead atoms. The molecule has 8 nitrogen and oxygen atoms in total. The zero-order valence-electron chi connectivity index (χ0n) is 28.1. The smallest absolute Gasteiger partial charge is 0.306 e. The maximum Gasteiger partial charge on any atom is 0.306 e. The van der Waals surface area contributed by atoms with Gasteiger partial charge in [0.1, 0.15) is 11.6 Å². The zero-order chi connectivity index (χ0) is 35.7. The van der Waals surface area contributed by atoms with Gasteiger partial charge in [0.25, 0.3) is 0 Å². The standard InChI is InChI=1S/C37H40F2IN3O5S2/c1-4-47-35(45)11-8-24-6-5-7-25(18-24)34(44)14-17-46-22-37(2,3)23-49-21-29-27-13-16-43(50-40)33(27)20-31(39)36(29)48-26-9-10-30(38)28(19-26)32-12-15-41-42-32/h5-7,9-10,12-13,15-16,18-20,34,44H,4,8,11,14,17,21-23H2,1-3H3,(H,41,42). The second kappa shape index (κ2) is 17.9. The van der Waals surface area contributed by atoms with Crippen LogP contribution in [0.5, 0.6) is 11.5 Å². The molecule has 5 aromatic rings. The fourth-order valence-corrected chi connectivity index (χ4v) is 8.09. The molecule has 0 aliphatic carbocycles. The summed E-state index contributed by atoms with van der Waals surface area (Å²) in [6, 6.07) is 17.0. The van der Waals surface area contributed by atoms with Crippen molar-refractivity contribution >= 4 is 59.0 Å². The number of benzene rings is 3. The number of aromatic nitrogens is 3. The Kier molecular flexibility index (Phi) is 13.6. The number of halogens is 3. The molecule has 0 amide bonds. The summed E-state index contributed by atoms with van der Waals surface area (Å²) in [6.45, 7) is 7.22. The molecule has 266 valence electrons. The number of nitrogens with zero attached hydrogens (tertiary/aromatic N) is 2. The molecule has 0 aliphatic heterocycles. The number of rotatable bonds is 18. The number of carbonyl (C=O) groups excluding carboxylic acids is 1. The summed E-state index contributed by atoms with van der Waals surface area (Å²) in [6.07, 6.45) is 4.11. The van der Waals surface area contributed by atoms with Gasteiger partial charge in [-0.2, -0.15) is 16.9 Å². The van der Waals surface area contributed by atoms with E-state index in [2.05, 4.69) is 45.3 Å². The maximum absolute atomic E-state index is 15.8. The number of hydrogen-bond donors (Lipinski definition) is 2. The number of hydrogen-bond acceptors (Lipinski definition) is 8. The minimum atomic E-state index is -0.687. The Morgan fingerprint density at radius 1 is 1.12 bits per heavy atom. The molecule has 2 N–H and O–H groups in total. The SMILES string of the molecule is CCOC(=O)CCc1cccc(C(O)CCOCC(C)(C)CSCc2c(Oc3ccc(F)c(-c4cc[nH]n4)c3)c(F)cc3c2ccn3SI)c1. The van der Waals surface area contributed by atoms with Crippen molar-refractivity contribution in [1.82, 2.24) is 14.2 Å². The average Bonchev–Trinajstić information content (AvgIpc) is 3.78. The summed E-state index contributed by atoms with van der Waals surface area (Å²) in [4.78, 5) is 11.7. The largest absolute Gasteiger partial charge is 0.466 e. The molecule has 0 saturated carbocycles. The summed E-state index contributed by atoms with van der Waals surface area (Å²) in [7, 11) is 1.45. The van der Waals surface area contributed by atoms with E-state index in [1.54, 1.807) is 30.9 Å². The van der Waals surface area contributed by atoms with Gasteiger partial charge < -0.3 is 19.3 Å². The number of fused-ring (bicyclic) bond motifs is 1. The number of ether oxygens (including phenoxy) is 3. The van der Waals surface area contributed by atoms with Gasteiger partial charge in [-0.1, -0.05) is 38.1 Å². The highest BCUT2D eigenvalue weighted by Crippen LogP contribution is 2.40. The number of nitrogens with one attached hydrogen (secondary N) is 1. The molecule has 50 heavy (non-hydrogen) atoms. The van der Waals surface area contributed by atoms with Crippen LogP contribution in [0.3, 0.4) is 0 Å². The number of aromatic amines is 1. The van der Waals surface area contributed by atoms with Crippen molar-refractivity contribution in [3.05, 3.63) is 101 Å². The second-order valence-electron chi connectivity index (χ2n) is 12.6. The lowest BCUT2D eigenvalue weighted by atomic mass is 9.98. The van der Waals surface area contributed by atoms with Crippen LogP contribution in [0.25, 0.3) is 22.2 Å². The molecular formula is C37H40F2IN3O5S2. The Labute approximate surface area is 311 Å². The van der Waals surface area contributed by atoms with E-state index in [4.69, 9.17) is 14.2 Å². The minimum Gasteiger partial charge on any atom is -0.466 e. The predicted molar refractivity (Wildman–Crippen MR) is 205 cm³/mol. The van der Waals surface area contributed by atoms with E-state index in [1.165, 1.54) is 33.4 Å². The Hall–Kier alpha value is -3.11. The van der Waals surface area contributed by atoms with Crippen molar-refractivity contribution in [3.63, 3.8) is 0 Å². The van der Waals surface area contributed by atoms with Gasteiger partial charge in [0.05, 0.1) is 30.5 Å². The van der Waals surface area contributed by atoms with Gasteiger partial charge in [0, 0.05) is 96.3 Å². The van der Waals surface area contributed by atoms with Crippen molar-refractivity contribution in [2.45, 2.75) is 51.9 Å². The highest BCUT2D eigenvalue weighted by Gasteiger charge is 2.23. The number of H-pyrrole nitrogens is 1. The Balaban J connectivity index is 1.19. The number of aliphatic hydroxyl groups is 1. The molecule has 2 aromatic heterocycles. The third kappa shape index (κ3) is 10.0. The van der Waals surface area contributed by atoms with Crippen molar-refractivity contribution in [2.75, 3.05) is 25.6 Å². The van der Waals surface area contributed by atoms with Crippen LogP contribution in [0.2, 0.25) is 0 Å². The lowest BCUT2D eigenvalue weighted by molar-refractivity contribution is -0.143. The first-order chi connectivity index (χ1) is 24.1. The molecule has 3 aromatic carbocycles. The predicted octanol–water partition coefficient (Wildman–Crippen LogP) is 9.84. The fourth-order valence-electron chi connectivity index (χ4n) is 5.50. The zero-order valence-corrected chi connectivity index (χ0v) is 31.9. The molecule has 0 spiro atoms. The van der Waals surface area contributed by atoms with Gasteiger partial charge in [-0.3, -0.25) is 13.9 Å². The molecule has 0 fully saturated rings. The summed E-state index contributed by atoms with van der Waals surface area (Å²) < 4.78 is 49.5. The van der Waals surface area contributed by atoms with Crippen LogP contribution in [-0.4, -0.2) is 50.8 Å². The number of esters is 1. The number of aryl methyl sites for hydroxylation is 1. The quantitative estimate of drug-likeness (QED) is 0.0512. The first-order valence-corrected chi connectivity index (χ1v) is 20.7. The Morgan fingerprint density at radius 2 is 1.96 bits per heavy atom. The number of thioether (sulfide) groups is 1. The summed E-state index contributed by atoms with van der Waals surface area (Å²) in [5.74, 6) is 0.409. The van der Waals surface area contributed by atoms with Crippen molar-refractivity contribution in [3.8, 4) is 22.8 Å². The van der Waals surface area contributed by atoms with Crippen molar-refractivity contribution in [1.29, 1.82) is 0 Å².